The lowest BCUT2D eigenvalue weighted by molar-refractivity contribution is -0.167. The molecule has 0 aromatic carbocycles. The summed E-state index contributed by atoms with van der Waals surface area (Å²) in [5.74, 6) is -0.925. The minimum atomic E-state index is -0.795. The average Bonchev–Trinajstić information content (AvgIpc) is 3.35. The number of carbonyl (C=O) groups excluding carboxylic acids is 3. The van der Waals surface area contributed by atoms with Gasteiger partial charge in [0.1, 0.15) is 13.2 Å². The topological polar surface area (TPSA) is 78.9 Å². The molecule has 0 bridgehead atoms. The van der Waals surface area contributed by atoms with E-state index >= 15 is 0 Å². The third-order valence-electron chi connectivity index (χ3n) is 12.7. The summed E-state index contributed by atoms with van der Waals surface area (Å²) in [6.07, 6.45) is 73.3. The molecule has 0 amide bonds. The first-order chi connectivity index (χ1) is 34.0. The highest BCUT2D eigenvalue weighted by molar-refractivity contribution is 5.71. The van der Waals surface area contributed by atoms with Gasteiger partial charge >= 0.3 is 17.9 Å². The van der Waals surface area contributed by atoms with Crippen LogP contribution in [0.2, 0.25) is 0 Å². The zero-order valence-corrected chi connectivity index (χ0v) is 45.6. The first kappa shape index (κ1) is 65.8. The highest BCUT2D eigenvalue weighted by Crippen LogP contribution is 2.15. The van der Waals surface area contributed by atoms with Crippen LogP contribution >= 0.6 is 0 Å². The molecule has 69 heavy (non-hydrogen) atoms. The second kappa shape index (κ2) is 57.4. The first-order valence-electron chi connectivity index (χ1n) is 29.4. The molecule has 0 aliphatic carbocycles. The maximum atomic E-state index is 12.8. The summed E-state index contributed by atoms with van der Waals surface area (Å²) in [6.45, 7) is 6.55. The molecule has 0 rings (SSSR count). The average molecular weight is 964 g/mol. The van der Waals surface area contributed by atoms with Crippen LogP contribution in [0.1, 0.15) is 290 Å². The van der Waals surface area contributed by atoms with E-state index in [0.29, 0.717) is 19.3 Å². The summed E-state index contributed by atoms with van der Waals surface area (Å²) in [6, 6.07) is 0. The molecule has 0 radical (unpaired) electrons. The Kier molecular flexibility index (Phi) is 54.8. The molecule has 0 aliphatic heterocycles. The van der Waals surface area contributed by atoms with Crippen LogP contribution in [0.4, 0.5) is 0 Å². The summed E-state index contributed by atoms with van der Waals surface area (Å²) in [5, 5.41) is 0. The van der Waals surface area contributed by atoms with Crippen LogP contribution in [0.3, 0.4) is 0 Å². The van der Waals surface area contributed by atoms with Crippen LogP contribution in [0.5, 0.6) is 0 Å². The fraction of sp³-hybridized carbons (Fsp3) is 0.762. The SMILES string of the molecule is CCCC/C=C\CCCCCCCC(=O)OC[C@@H](COC(=O)CCCCCCCCCCCCC/C=C\CCCCCCCC)OC(=O)CCCCC/C=C\C/C=C\C/C=C\C/C=C\CCCCC. The van der Waals surface area contributed by atoms with Crippen LogP contribution in [0.15, 0.2) is 72.9 Å². The van der Waals surface area contributed by atoms with E-state index in [1.165, 1.54) is 161 Å². The van der Waals surface area contributed by atoms with Crippen molar-refractivity contribution in [2.45, 2.75) is 297 Å². The number of unbranched alkanes of at least 4 members (excludes halogenated alkanes) is 30. The quantitative estimate of drug-likeness (QED) is 0.0262. The lowest BCUT2D eigenvalue weighted by Crippen LogP contribution is -2.30. The smallest absolute Gasteiger partial charge is 0.306 e. The first-order valence-corrected chi connectivity index (χ1v) is 29.4. The van der Waals surface area contributed by atoms with E-state index in [9.17, 15) is 14.4 Å². The molecular formula is C63H110O6. The number of ether oxygens (including phenoxy) is 3. The number of hydrogen-bond donors (Lipinski definition) is 0. The van der Waals surface area contributed by atoms with Gasteiger partial charge in [0.05, 0.1) is 0 Å². The third kappa shape index (κ3) is 55.6. The Balaban J connectivity index is 4.36. The van der Waals surface area contributed by atoms with Crippen molar-refractivity contribution >= 4 is 17.9 Å². The van der Waals surface area contributed by atoms with Crippen LogP contribution < -0.4 is 0 Å². The van der Waals surface area contributed by atoms with Crippen molar-refractivity contribution in [2.24, 2.45) is 0 Å². The van der Waals surface area contributed by atoms with Gasteiger partial charge in [-0.25, -0.2) is 0 Å². The Morgan fingerprint density at radius 1 is 0.290 bits per heavy atom. The number of carbonyl (C=O) groups is 3. The van der Waals surface area contributed by atoms with E-state index < -0.39 is 6.10 Å². The van der Waals surface area contributed by atoms with Gasteiger partial charge in [0.15, 0.2) is 6.10 Å². The molecule has 0 N–H and O–H groups in total. The lowest BCUT2D eigenvalue weighted by Gasteiger charge is -2.18. The predicted molar refractivity (Wildman–Crippen MR) is 298 cm³/mol. The maximum absolute atomic E-state index is 12.8. The zero-order chi connectivity index (χ0) is 50.0. The molecule has 0 aromatic rings. The lowest BCUT2D eigenvalue weighted by atomic mass is 10.0. The Hall–Kier alpha value is -3.15. The summed E-state index contributed by atoms with van der Waals surface area (Å²) >= 11 is 0. The van der Waals surface area contributed by atoms with Crippen molar-refractivity contribution in [3.8, 4) is 0 Å². The van der Waals surface area contributed by atoms with Crippen molar-refractivity contribution in [3.05, 3.63) is 72.9 Å². The van der Waals surface area contributed by atoms with Gasteiger partial charge in [0, 0.05) is 19.3 Å². The van der Waals surface area contributed by atoms with Crippen LogP contribution in [0, 0.1) is 0 Å². The highest BCUT2D eigenvalue weighted by atomic mass is 16.6. The van der Waals surface area contributed by atoms with Crippen LogP contribution in [0.25, 0.3) is 0 Å². The zero-order valence-electron chi connectivity index (χ0n) is 45.6. The van der Waals surface area contributed by atoms with E-state index in [-0.39, 0.29) is 31.1 Å². The van der Waals surface area contributed by atoms with Gasteiger partial charge in [-0.05, 0) is 109 Å². The van der Waals surface area contributed by atoms with Gasteiger partial charge in [-0.2, -0.15) is 0 Å². The normalized spacial score (nSPS) is 12.6. The molecule has 0 aliphatic rings. The fourth-order valence-electron chi connectivity index (χ4n) is 8.17. The molecule has 0 fully saturated rings. The van der Waals surface area contributed by atoms with Gasteiger partial charge in [0.2, 0.25) is 0 Å². The number of hydrogen-bond acceptors (Lipinski definition) is 6. The van der Waals surface area contributed by atoms with E-state index in [2.05, 4.69) is 93.7 Å². The Labute approximate surface area is 427 Å². The molecule has 0 heterocycles. The van der Waals surface area contributed by atoms with Gasteiger partial charge in [-0.1, -0.05) is 235 Å². The second-order valence-corrected chi connectivity index (χ2v) is 19.5. The Morgan fingerprint density at radius 2 is 0.536 bits per heavy atom. The third-order valence-corrected chi connectivity index (χ3v) is 12.7. The van der Waals surface area contributed by atoms with Crippen LogP contribution in [-0.4, -0.2) is 37.2 Å². The van der Waals surface area contributed by atoms with Gasteiger partial charge in [0.25, 0.3) is 0 Å². The molecular weight excluding hydrogens is 853 g/mol. The molecule has 6 nitrogen and oxygen atoms in total. The molecule has 1 atom stereocenters. The summed E-state index contributed by atoms with van der Waals surface area (Å²) in [4.78, 5) is 38.1. The molecule has 0 spiro atoms. The van der Waals surface area contributed by atoms with E-state index in [0.717, 1.165) is 89.9 Å². The second-order valence-electron chi connectivity index (χ2n) is 19.5. The molecule has 0 aromatic heterocycles. The highest BCUT2D eigenvalue weighted by Gasteiger charge is 2.19. The summed E-state index contributed by atoms with van der Waals surface area (Å²) < 4.78 is 16.8. The van der Waals surface area contributed by atoms with Crippen molar-refractivity contribution in [1.82, 2.24) is 0 Å². The molecule has 0 unspecified atom stereocenters. The number of allylic oxidation sites excluding steroid dienone is 12. The molecule has 398 valence electrons. The Morgan fingerprint density at radius 3 is 0.913 bits per heavy atom. The minimum Gasteiger partial charge on any atom is -0.462 e. The standard InChI is InChI=1S/C63H110O6/c1-4-7-10-13-16-19-22-24-26-28-30-31-33-34-36-38-41-44-47-50-53-56-62(65)68-59-60(58-67-61(64)55-52-49-46-43-40-21-18-15-12-9-6-3)69-63(66)57-54-51-48-45-42-39-37-35-32-29-27-25-23-20-17-14-11-8-5-2/h15,17-18,20,24-27,32,35,39,42,60H,4-14,16,19,21-23,28-31,33-34,36-38,40-41,43-59H2,1-3H3/b18-15-,20-17-,26-24-,27-25-,35-32-,42-39-/t60-/m0/s1. The fourth-order valence-corrected chi connectivity index (χ4v) is 8.17. The Bertz CT molecular complexity index is 1290. The van der Waals surface area contributed by atoms with E-state index in [1.54, 1.807) is 0 Å². The van der Waals surface area contributed by atoms with E-state index in [1.807, 2.05) is 0 Å². The largest absolute Gasteiger partial charge is 0.462 e. The monoisotopic (exact) mass is 963 g/mol. The van der Waals surface area contributed by atoms with E-state index in [4.69, 9.17) is 14.2 Å². The number of rotatable bonds is 53. The summed E-state index contributed by atoms with van der Waals surface area (Å²) in [7, 11) is 0. The van der Waals surface area contributed by atoms with Gasteiger partial charge in [-0.3, -0.25) is 14.4 Å². The number of esters is 3. The molecule has 0 saturated heterocycles. The van der Waals surface area contributed by atoms with Crippen molar-refractivity contribution in [3.63, 3.8) is 0 Å². The van der Waals surface area contributed by atoms with Crippen molar-refractivity contribution in [1.29, 1.82) is 0 Å². The maximum Gasteiger partial charge on any atom is 0.306 e. The van der Waals surface area contributed by atoms with Crippen molar-refractivity contribution < 1.29 is 28.6 Å². The van der Waals surface area contributed by atoms with Crippen LogP contribution in [-0.2, 0) is 28.6 Å². The van der Waals surface area contributed by atoms with Gasteiger partial charge in [-0.15, -0.1) is 0 Å². The minimum absolute atomic E-state index is 0.0905. The molecule has 0 saturated carbocycles. The predicted octanol–water partition coefficient (Wildman–Crippen LogP) is 19.8. The van der Waals surface area contributed by atoms with Gasteiger partial charge < -0.3 is 14.2 Å². The summed E-state index contributed by atoms with van der Waals surface area (Å²) in [5.41, 5.74) is 0. The van der Waals surface area contributed by atoms with Crippen molar-refractivity contribution in [2.75, 3.05) is 13.2 Å². The molecule has 6 heteroatoms.